The summed E-state index contributed by atoms with van der Waals surface area (Å²) in [5, 5.41) is 3.58. The first-order valence-corrected chi connectivity index (χ1v) is 4.74. The van der Waals surface area contributed by atoms with Crippen molar-refractivity contribution in [2.45, 2.75) is 6.42 Å². The summed E-state index contributed by atoms with van der Waals surface area (Å²) < 4.78 is 41.0. The SMILES string of the molecule is FC(F)=C(F)Cc1nc(-c2ccccc2)no1. The molecule has 1 aromatic heterocycles. The van der Waals surface area contributed by atoms with Crippen LogP contribution in [0.25, 0.3) is 11.4 Å². The van der Waals surface area contributed by atoms with Crippen molar-refractivity contribution in [3.05, 3.63) is 48.1 Å². The zero-order valence-corrected chi connectivity index (χ0v) is 8.53. The second kappa shape index (κ2) is 4.82. The molecule has 0 aliphatic carbocycles. The van der Waals surface area contributed by atoms with E-state index in [0.717, 1.165) is 0 Å². The monoisotopic (exact) mass is 240 g/mol. The summed E-state index contributed by atoms with van der Waals surface area (Å²) in [5.41, 5.74) is 0.674. The van der Waals surface area contributed by atoms with Gasteiger partial charge in [0.25, 0.3) is 0 Å². The number of nitrogens with zero attached hydrogens (tertiary/aromatic N) is 2. The van der Waals surface area contributed by atoms with Crippen LogP contribution in [0.2, 0.25) is 0 Å². The summed E-state index contributed by atoms with van der Waals surface area (Å²) in [6, 6.07) is 8.82. The molecule has 0 N–H and O–H groups in total. The maximum atomic E-state index is 12.6. The number of aromatic nitrogens is 2. The molecule has 0 unspecified atom stereocenters. The zero-order chi connectivity index (χ0) is 12.3. The maximum Gasteiger partial charge on any atom is 0.302 e. The Morgan fingerprint density at radius 2 is 1.82 bits per heavy atom. The third kappa shape index (κ3) is 2.72. The molecule has 0 spiro atoms. The fraction of sp³-hybridized carbons (Fsp3) is 0.0909. The molecule has 88 valence electrons. The molecule has 0 bridgehead atoms. The number of rotatable bonds is 3. The quantitative estimate of drug-likeness (QED) is 0.825. The number of benzene rings is 1. The van der Waals surface area contributed by atoms with E-state index in [0.29, 0.717) is 5.56 Å². The highest BCUT2D eigenvalue weighted by Gasteiger charge is 2.13. The van der Waals surface area contributed by atoms with E-state index >= 15 is 0 Å². The predicted octanol–water partition coefficient (Wildman–Crippen LogP) is 3.36. The Kier molecular flexibility index (Phi) is 3.22. The predicted molar refractivity (Wildman–Crippen MR) is 53.8 cm³/mol. The molecule has 1 heterocycles. The smallest absolute Gasteiger partial charge is 0.302 e. The molecule has 0 saturated heterocycles. The minimum atomic E-state index is -2.37. The van der Waals surface area contributed by atoms with E-state index in [2.05, 4.69) is 14.7 Å². The number of hydrogen-bond donors (Lipinski definition) is 0. The second-order valence-electron chi connectivity index (χ2n) is 3.22. The van der Waals surface area contributed by atoms with Crippen molar-refractivity contribution in [3.8, 4) is 11.4 Å². The molecular weight excluding hydrogens is 233 g/mol. The van der Waals surface area contributed by atoms with Crippen LogP contribution in [-0.4, -0.2) is 10.1 Å². The molecule has 6 heteroatoms. The molecule has 0 fully saturated rings. The molecule has 0 amide bonds. The van der Waals surface area contributed by atoms with Crippen LogP contribution < -0.4 is 0 Å². The molecule has 3 nitrogen and oxygen atoms in total. The second-order valence-corrected chi connectivity index (χ2v) is 3.22. The van der Waals surface area contributed by atoms with Crippen molar-refractivity contribution in [2.24, 2.45) is 0 Å². The molecule has 2 aromatic rings. The Bertz CT molecular complexity index is 533. The number of hydrogen-bond acceptors (Lipinski definition) is 3. The van der Waals surface area contributed by atoms with Crippen LogP contribution >= 0.6 is 0 Å². The van der Waals surface area contributed by atoms with Crippen molar-refractivity contribution >= 4 is 0 Å². The van der Waals surface area contributed by atoms with Crippen molar-refractivity contribution < 1.29 is 17.7 Å². The molecular formula is C11H7F3N2O. The number of allylic oxidation sites excluding steroid dienone is 1. The Balaban J connectivity index is 2.20. The lowest BCUT2D eigenvalue weighted by molar-refractivity contribution is 0.347. The number of halogens is 3. The molecule has 17 heavy (non-hydrogen) atoms. The summed E-state index contributed by atoms with van der Waals surface area (Å²) in [6.07, 6.45) is -3.06. The van der Waals surface area contributed by atoms with E-state index in [-0.39, 0.29) is 11.7 Å². The summed E-state index contributed by atoms with van der Waals surface area (Å²) in [4.78, 5) is 3.82. The average molecular weight is 240 g/mol. The lowest BCUT2D eigenvalue weighted by Crippen LogP contribution is -1.87. The van der Waals surface area contributed by atoms with Crippen LogP contribution in [0.4, 0.5) is 13.2 Å². The van der Waals surface area contributed by atoms with Crippen LogP contribution in [-0.2, 0) is 6.42 Å². The Morgan fingerprint density at radius 3 is 2.47 bits per heavy atom. The molecule has 0 atom stereocenters. The highest BCUT2D eigenvalue weighted by Crippen LogP contribution is 2.18. The third-order valence-electron chi connectivity index (χ3n) is 2.01. The minimum absolute atomic E-state index is 0.186. The first-order valence-electron chi connectivity index (χ1n) is 4.74. The molecule has 0 radical (unpaired) electrons. The normalized spacial score (nSPS) is 10.3. The fourth-order valence-electron chi connectivity index (χ4n) is 1.23. The zero-order valence-electron chi connectivity index (χ0n) is 8.53. The van der Waals surface area contributed by atoms with Gasteiger partial charge in [0.05, 0.1) is 6.42 Å². The summed E-state index contributed by atoms with van der Waals surface area (Å²) in [7, 11) is 0. The van der Waals surface area contributed by atoms with E-state index in [1.807, 2.05) is 6.07 Å². The highest BCUT2D eigenvalue weighted by molar-refractivity contribution is 5.53. The van der Waals surface area contributed by atoms with E-state index in [4.69, 9.17) is 0 Å². The third-order valence-corrected chi connectivity index (χ3v) is 2.01. The van der Waals surface area contributed by atoms with Gasteiger partial charge in [-0.3, -0.25) is 0 Å². The van der Waals surface area contributed by atoms with Crippen molar-refractivity contribution in [1.29, 1.82) is 0 Å². The summed E-state index contributed by atoms with van der Waals surface area (Å²) >= 11 is 0. The van der Waals surface area contributed by atoms with Gasteiger partial charge >= 0.3 is 6.08 Å². The molecule has 2 rings (SSSR count). The van der Waals surface area contributed by atoms with Crippen LogP contribution in [0.5, 0.6) is 0 Å². The largest absolute Gasteiger partial charge is 0.339 e. The lowest BCUT2D eigenvalue weighted by Gasteiger charge is -1.90. The fourth-order valence-corrected chi connectivity index (χ4v) is 1.23. The van der Waals surface area contributed by atoms with E-state index in [9.17, 15) is 13.2 Å². The Labute approximate surface area is 94.6 Å². The van der Waals surface area contributed by atoms with Gasteiger partial charge in [-0.15, -0.1) is 0 Å². The van der Waals surface area contributed by atoms with Gasteiger partial charge < -0.3 is 4.52 Å². The van der Waals surface area contributed by atoms with Gasteiger partial charge in [-0.2, -0.15) is 13.8 Å². The van der Waals surface area contributed by atoms with Gasteiger partial charge in [-0.1, -0.05) is 35.5 Å². The van der Waals surface area contributed by atoms with Crippen LogP contribution in [0.15, 0.2) is 46.8 Å². The molecule has 0 saturated carbocycles. The van der Waals surface area contributed by atoms with Crippen LogP contribution in [0, 0.1) is 0 Å². The lowest BCUT2D eigenvalue weighted by atomic mass is 10.2. The van der Waals surface area contributed by atoms with Crippen molar-refractivity contribution in [1.82, 2.24) is 10.1 Å². The molecule has 1 aromatic carbocycles. The topological polar surface area (TPSA) is 38.9 Å². The van der Waals surface area contributed by atoms with Gasteiger partial charge in [0.1, 0.15) is 0 Å². The molecule has 0 aliphatic rings. The summed E-state index contributed by atoms with van der Waals surface area (Å²) in [6.45, 7) is 0. The van der Waals surface area contributed by atoms with E-state index < -0.39 is 18.3 Å². The maximum absolute atomic E-state index is 12.6. The first kappa shape index (κ1) is 11.4. The van der Waals surface area contributed by atoms with Gasteiger partial charge in [0.15, 0.2) is 5.83 Å². The highest BCUT2D eigenvalue weighted by atomic mass is 19.3. The van der Waals surface area contributed by atoms with Crippen molar-refractivity contribution in [2.75, 3.05) is 0 Å². The van der Waals surface area contributed by atoms with E-state index in [1.165, 1.54) is 0 Å². The van der Waals surface area contributed by atoms with Crippen molar-refractivity contribution in [3.63, 3.8) is 0 Å². The van der Waals surface area contributed by atoms with Crippen LogP contribution in [0.3, 0.4) is 0 Å². The van der Waals surface area contributed by atoms with Gasteiger partial charge in [0.2, 0.25) is 11.7 Å². The standard InChI is InChI=1S/C11H7F3N2O/c12-8(10(13)14)6-9-15-11(16-17-9)7-4-2-1-3-5-7/h1-5H,6H2. The molecule has 0 aliphatic heterocycles. The first-order chi connectivity index (χ1) is 8.16. The van der Waals surface area contributed by atoms with Crippen LogP contribution in [0.1, 0.15) is 5.89 Å². The van der Waals surface area contributed by atoms with Gasteiger partial charge in [-0.05, 0) is 0 Å². The van der Waals surface area contributed by atoms with Gasteiger partial charge in [0, 0.05) is 5.56 Å². The summed E-state index contributed by atoms with van der Waals surface area (Å²) in [5.74, 6) is -1.50. The Morgan fingerprint density at radius 1 is 1.12 bits per heavy atom. The Hall–Kier alpha value is -2.11. The van der Waals surface area contributed by atoms with Gasteiger partial charge in [-0.25, -0.2) is 4.39 Å². The average Bonchev–Trinajstić information content (AvgIpc) is 2.78. The van der Waals surface area contributed by atoms with E-state index in [1.54, 1.807) is 24.3 Å². The minimum Gasteiger partial charge on any atom is -0.339 e.